The number of piperidine rings is 1. The van der Waals surface area contributed by atoms with Crippen LogP contribution < -0.4 is 4.90 Å². The van der Waals surface area contributed by atoms with Crippen molar-refractivity contribution in [3.05, 3.63) is 54.9 Å². The summed E-state index contributed by atoms with van der Waals surface area (Å²) in [6.07, 6.45) is 9.88. The van der Waals surface area contributed by atoms with Crippen molar-refractivity contribution in [2.75, 3.05) is 18.0 Å². The van der Waals surface area contributed by atoms with Gasteiger partial charge in [0.05, 0.1) is 11.6 Å². The molecule has 8 nitrogen and oxygen atoms in total. The third-order valence-corrected chi connectivity index (χ3v) is 5.74. The van der Waals surface area contributed by atoms with E-state index in [0.717, 1.165) is 65.9 Å². The summed E-state index contributed by atoms with van der Waals surface area (Å²) in [6, 6.07) is 7.58. The topological polar surface area (TPSA) is 94.2 Å². The zero-order valence-electron chi connectivity index (χ0n) is 16.2. The van der Waals surface area contributed by atoms with E-state index in [1.165, 1.54) is 0 Å². The van der Waals surface area contributed by atoms with Crippen LogP contribution in [-0.4, -0.2) is 33.2 Å². The lowest BCUT2D eigenvalue weighted by atomic mass is 9.93. The number of furan rings is 2. The molecule has 0 saturated carbocycles. The predicted octanol–water partition coefficient (Wildman–Crippen LogP) is 4.48. The number of fused-ring (bicyclic) bond motifs is 2. The minimum absolute atomic E-state index is 0.412. The number of pyridine rings is 2. The van der Waals surface area contributed by atoms with Crippen LogP contribution in [0.15, 0.2) is 62.5 Å². The lowest BCUT2D eigenvalue weighted by molar-refractivity contribution is 0.375. The van der Waals surface area contributed by atoms with Crippen molar-refractivity contribution in [3.63, 3.8) is 0 Å². The van der Waals surface area contributed by atoms with Crippen LogP contribution in [0.4, 0.5) is 5.82 Å². The molecule has 0 N–H and O–H groups in total. The molecular weight excluding hydrogens is 382 g/mol. The van der Waals surface area contributed by atoms with E-state index in [0.29, 0.717) is 17.6 Å². The zero-order valence-corrected chi connectivity index (χ0v) is 16.2. The smallest absolute Gasteiger partial charge is 0.293 e. The van der Waals surface area contributed by atoms with Crippen molar-refractivity contribution in [2.45, 2.75) is 19.3 Å². The molecule has 0 spiro atoms. The van der Waals surface area contributed by atoms with Crippen LogP contribution in [0.1, 0.15) is 18.7 Å². The van der Waals surface area contributed by atoms with Gasteiger partial charge in [-0.3, -0.25) is 4.98 Å². The van der Waals surface area contributed by atoms with Crippen LogP contribution >= 0.6 is 0 Å². The summed E-state index contributed by atoms with van der Waals surface area (Å²) in [4.78, 5) is 15.6. The molecule has 1 aliphatic rings. The Kier molecular flexibility index (Phi) is 4.00. The second-order valence-corrected chi connectivity index (χ2v) is 7.64. The van der Waals surface area contributed by atoms with Gasteiger partial charge < -0.3 is 18.3 Å². The normalized spacial score (nSPS) is 15.4. The molecule has 0 aliphatic carbocycles. The molecule has 0 atom stereocenters. The standard InChI is InChI=1S/C22H19N5O3/c1-6-23-13-15-12-19(29-17(1)15)22-25-20(26-30-22)11-14-3-8-27(9-4-14)21-16-5-10-28-18(16)2-7-24-21/h1-2,5-7,10,12-14H,3-4,8-9,11H2. The molecule has 1 fully saturated rings. The first-order valence-corrected chi connectivity index (χ1v) is 10.1. The van der Waals surface area contributed by atoms with E-state index < -0.39 is 0 Å². The highest BCUT2D eigenvalue weighted by molar-refractivity contribution is 5.88. The third kappa shape index (κ3) is 3.01. The van der Waals surface area contributed by atoms with Crippen LogP contribution in [-0.2, 0) is 6.42 Å². The SMILES string of the molecule is c1cc2oc(-c3nc(CC4CCN(c5nccc6occc56)CC4)no3)cc2cn1. The Morgan fingerprint density at radius 1 is 1.07 bits per heavy atom. The van der Waals surface area contributed by atoms with Gasteiger partial charge in [0.25, 0.3) is 5.89 Å². The Hall–Kier alpha value is -3.68. The van der Waals surface area contributed by atoms with Crippen molar-refractivity contribution in [1.82, 2.24) is 20.1 Å². The minimum atomic E-state index is 0.412. The van der Waals surface area contributed by atoms with Crippen molar-refractivity contribution in [1.29, 1.82) is 0 Å². The Labute approximate surface area is 171 Å². The van der Waals surface area contributed by atoms with Gasteiger partial charge in [0.15, 0.2) is 11.6 Å². The summed E-state index contributed by atoms with van der Waals surface area (Å²) in [7, 11) is 0. The molecule has 8 heteroatoms. The fraction of sp³-hybridized carbons (Fsp3) is 0.273. The Morgan fingerprint density at radius 2 is 1.97 bits per heavy atom. The molecule has 150 valence electrons. The van der Waals surface area contributed by atoms with E-state index in [4.69, 9.17) is 13.4 Å². The van der Waals surface area contributed by atoms with Gasteiger partial charge in [-0.2, -0.15) is 4.98 Å². The van der Waals surface area contributed by atoms with Gasteiger partial charge >= 0.3 is 0 Å². The van der Waals surface area contributed by atoms with E-state index in [2.05, 4.69) is 25.0 Å². The predicted molar refractivity (Wildman–Crippen MR) is 110 cm³/mol. The monoisotopic (exact) mass is 401 g/mol. The van der Waals surface area contributed by atoms with Crippen molar-refractivity contribution < 1.29 is 13.4 Å². The lowest BCUT2D eigenvalue weighted by Crippen LogP contribution is -2.35. The number of nitrogens with zero attached hydrogens (tertiary/aromatic N) is 5. The van der Waals surface area contributed by atoms with Crippen LogP contribution in [0.2, 0.25) is 0 Å². The van der Waals surface area contributed by atoms with E-state index in [-0.39, 0.29) is 0 Å². The fourth-order valence-corrected chi connectivity index (χ4v) is 4.17. The van der Waals surface area contributed by atoms with Gasteiger partial charge in [-0.25, -0.2) is 4.98 Å². The maximum Gasteiger partial charge on any atom is 0.293 e. The Morgan fingerprint density at radius 3 is 2.87 bits per heavy atom. The van der Waals surface area contributed by atoms with Gasteiger partial charge in [0, 0.05) is 43.5 Å². The Bertz CT molecular complexity index is 1280. The molecule has 6 heterocycles. The number of hydrogen-bond acceptors (Lipinski definition) is 8. The van der Waals surface area contributed by atoms with Crippen LogP contribution in [0.25, 0.3) is 33.6 Å². The maximum absolute atomic E-state index is 5.79. The van der Waals surface area contributed by atoms with Crippen LogP contribution in [0, 0.1) is 5.92 Å². The van der Waals surface area contributed by atoms with E-state index >= 15 is 0 Å². The van der Waals surface area contributed by atoms with Gasteiger partial charge in [-0.05, 0) is 43.0 Å². The molecule has 6 rings (SSSR count). The summed E-state index contributed by atoms with van der Waals surface area (Å²) < 4.78 is 16.7. The highest BCUT2D eigenvalue weighted by Gasteiger charge is 2.24. The summed E-state index contributed by atoms with van der Waals surface area (Å²) in [5.74, 6) is 3.22. The number of aromatic nitrogens is 4. The lowest BCUT2D eigenvalue weighted by Gasteiger charge is -2.32. The number of rotatable bonds is 4. The number of hydrogen-bond donors (Lipinski definition) is 0. The fourth-order valence-electron chi connectivity index (χ4n) is 4.17. The van der Waals surface area contributed by atoms with E-state index in [1.54, 1.807) is 18.7 Å². The first-order valence-electron chi connectivity index (χ1n) is 10.1. The second-order valence-electron chi connectivity index (χ2n) is 7.64. The van der Waals surface area contributed by atoms with E-state index in [1.807, 2.05) is 30.5 Å². The summed E-state index contributed by atoms with van der Waals surface area (Å²) in [5, 5.41) is 6.15. The van der Waals surface area contributed by atoms with Gasteiger partial charge in [-0.15, -0.1) is 0 Å². The second kappa shape index (κ2) is 6.98. The molecular formula is C22H19N5O3. The van der Waals surface area contributed by atoms with Crippen molar-refractivity contribution >= 4 is 27.8 Å². The molecule has 5 aromatic heterocycles. The zero-order chi connectivity index (χ0) is 19.9. The van der Waals surface area contributed by atoms with Crippen molar-refractivity contribution in [3.8, 4) is 11.7 Å². The molecule has 0 aromatic carbocycles. The molecule has 30 heavy (non-hydrogen) atoms. The molecule has 1 saturated heterocycles. The van der Waals surface area contributed by atoms with Crippen molar-refractivity contribution in [2.24, 2.45) is 5.92 Å². The third-order valence-electron chi connectivity index (χ3n) is 5.74. The molecule has 1 aliphatic heterocycles. The molecule has 0 unspecified atom stereocenters. The molecule has 0 amide bonds. The summed E-state index contributed by atoms with van der Waals surface area (Å²) in [5.41, 5.74) is 1.64. The largest absolute Gasteiger partial charge is 0.464 e. The summed E-state index contributed by atoms with van der Waals surface area (Å²) >= 11 is 0. The Balaban J connectivity index is 1.13. The average molecular weight is 401 g/mol. The minimum Gasteiger partial charge on any atom is -0.464 e. The molecule has 0 bridgehead atoms. The highest BCUT2D eigenvalue weighted by atomic mass is 16.5. The highest BCUT2D eigenvalue weighted by Crippen LogP contribution is 2.30. The molecule has 5 aromatic rings. The van der Waals surface area contributed by atoms with Gasteiger partial charge in [-0.1, -0.05) is 5.16 Å². The van der Waals surface area contributed by atoms with Crippen LogP contribution in [0.5, 0.6) is 0 Å². The first-order chi connectivity index (χ1) is 14.8. The first kappa shape index (κ1) is 17.2. The quantitative estimate of drug-likeness (QED) is 0.435. The average Bonchev–Trinajstić information content (AvgIpc) is 3.52. The van der Waals surface area contributed by atoms with Gasteiger partial charge in [0.1, 0.15) is 17.0 Å². The number of anilines is 1. The van der Waals surface area contributed by atoms with E-state index in [9.17, 15) is 0 Å². The van der Waals surface area contributed by atoms with Crippen LogP contribution in [0.3, 0.4) is 0 Å². The maximum atomic E-state index is 5.79. The van der Waals surface area contributed by atoms with Gasteiger partial charge in [0.2, 0.25) is 0 Å². The summed E-state index contributed by atoms with van der Waals surface area (Å²) in [6.45, 7) is 1.90. The molecule has 0 radical (unpaired) electrons.